The summed E-state index contributed by atoms with van der Waals surface area (Å²) in [5, 5.41) is 0.723. The van der Waals surface area contributed by atoms with Gasteiger partial charge in [0.1, 0.15) is 0 Å². The summed E-state index contributed by atoms with van der Waals surface area (Å²) in [5.41, 5.74) is 6.92. The Hall–Kier alpha value is -1.22. The molecule has 92 valence electrons. The summed E-state index contributed by atoms with van der Waals surface area (Å²) in [4.78, 5) is 6.39. The van der Waals surface area contributed by atoms with E-state index in [9.17, 15) is 0 Å². The van der Waals surface area contributed by atoms with Gasteiger partial charge in [-0.25, -0.2) is 0 Å². The molecule has 1 aliphatic heterocycles. The second kappa shape index (κ2) is 4.96. The Labute approximate surface area is 107 Å². The van der Waals surface area contributed by atoms with Gasteiger partial charge >= 0.3 is 0 Å². The first-order chi connectivity index (χ1) is 8.09. The van der Waals surface area contributed by atoms with Gasteiger partial charge < -0.3 is 10.6 Å². The zero-order valence-corrected chi connectivity index (χ0v) is 11.0. The van der Waals surface area contributed by atoms with Crippen molar-refractivity contribution in [1.82, 2.24) is 0 Å². The molecule has 0 radical (unpaired) electrons. The van der Waals surface area contributed by atoms with Gasteiger partial charge in [0.2, 0.25) is 0 Å². The highest BCUT2D eigenvalue weighted by Gasteiger charge is 2.28. The fraction of sp³-hybridized carbons (Fsp3) is 0.462. The molecule has 1 heterocycles. The number of rotatable bonds is 3. The molecule has 1 aromatic rings. The number of guanidine groups is 1. The van der Waals surface area contributed by atoms with E-state index in [4.69, 9.17) is 17.3 Å². The Bertz CT molecular complexity index is 428. The number of hydrogen-bond donors (Lipinski definition) is 1. The second-order valence-electron chi connectivity index (χ2n) is 4.80. The minimum absolute atomic E-state index is 0.329. The Morgan fingerprint density at radius 2 is 2.18 bits per heavy atom. The van der Waals surface area contributed by atoms with E-state index in [1.807, 2.05) is 24.3 Å². The van der Waals surface area contributed by atoms with E-state index >= 15 is 0 Å². The zero-order valence-electron chi connectivity index (χ0n) is 10.2. The molecule has 0 aromatic heterocycles. The fourth-order valence-electron chi connectivity index (χ4n) is 2.24. The summed E-state index contributed by atoms with van der Waals surface area (Å²) < 4.78 is 0. The molecule has 1 atom stereocenters. The molecule has 17 heavy (non-hydrogen) atoms. The molecule has 2 N–H and O–H groups in total. The van der Waals surface area contributed by atoms with Crippen molar-refractivity contribution in [2.75, 3.05) is 11.4 Å². The van der Waals surface area contributed by atoms with Crippen molar-refractivity contribution in [1.29, 1.82) is 0 Å². The first kappa shape index (κ1) is 12.2. The number of nitrogens with two attached hydrogens (primary N) is 1. The van der Waals surface area contributed by atoms with Crippen LogP contribution in [0.25, 0.3) is 0 Å². The lowest BCUT2D eigenvalue weighted by Crippen LogP contribution is -2.41. The van der Waals surface area contributed by atoms with Crippen molar-refractivity contribution in [2.45, 2.75) is 26.3 Å². The summed E-state index contributed by atoms with van der Waals surface area (Å²) in [6.45, 7) is 5.17. The normalized spacial score (nSPS) is 19.9. The first-order valence-electron chi connectivity index (χ1n) is 5.93. The number of halogens is 1. The molecular formula is C13H18ClN3. The van der Waals surface area contributed by atoms with Crippen LogP contribution >= 0.6 is 11.6 Å². The Morgan fingerprint density at radius 3 is 2.82 bits per heavy atom. The predicted octanol–water partition coefficient (Wildman–Crippen LogP) is 2.89. The van der Waals surface area contributed by atoms with Crippen LogP contribution in [0.1, 0.15) is 20.3 Å². The summed E-state index contributed by atoms with van der Waals surface area (Å²) >= 11 is 6.22. The molecule has 0 spiro atoms. The molecule has 1 unspecified atom stereocenters. The largest absolute Gasteiger partial charge is 0.370 e. The number of hydrogen-bond acceptors (Lipinski definition) is 3. The van der Waals surface area contributed by atoms with Crippen molar-refractivity contribution in [3.63, 3.8) is 0 Å². The molecule has 0 amide bonds. The van der Waals surface area contributed by atoms with Crippen LogP contribution < -0.4 is 10.6 Å². The van der Waals surface area contributed by atoms with Gasteiger partial charge in [0.15, 0.2) is 5.96 Å². The molecule has 0 saturated carbocycles. The lowest BCUT2D eigenvalue weighted by molar-refractivity contribution is 0.512. The van der Waals surface area contributed by atoms with Crippen LogP contribution in [-0.2, 0) is 0 Å². The third-order valence-corrected chi connectivity index (χ3v) is 3.25. The summed E-state index contributed by atoms with van der Waals surface area (Å²) in [6.07, 6.45) is 1.06. The molecule has 3 nitrogen and oxygen atoms in total. The van der Waals surface area contributed by atoms with Crippen LogP contribution in [0.3, 0.4) is 0 Å². The molecule has 0 saturated heterocycles. The Balaban J connectivity index is 2.28. The van der Waals surface area contributed by atoms with Gasteiger partial charge in [0, 0.05) is 0 Å². The van der Waals surface area contributed by atoms with Crippen LogP contribution in [0, 0.1) is 5.92 Å². The van der Waals surface area contributed by atoms with Crippen LogP contribution in [-0.4, -0.2) is 18.5 Å². The average Bonchev–Trinajstić information content (AvgIpc) is 2.60. The van der Waals surface area contributed by atoms with E-state index in [-0.39, 0.29) is 0 Å². The van der Waals surface area contributed by atoms with Gasteiger partial charge in [-0.15, -0.1) is 0 Å². The molecule has 4 heteroatoms. The van der Waals surface area contributed by atoms with Gasteiger partial charge in [0.05, 0.1) is 23.3 Å². The number of nitrogens with zero attached hydrogens (tertiary/aromatic N) is 2. The van der Waals surface area contributed by atoms with Gasteiger partial charge in [-0.3, -0.25) is 4.99 Å². The second-order valence-corrected chi connectivity index (χ2v) is 5.21. The van der Waals surface area contributed by atoms with Gasteiger partial charge in [0.25, 0.3) is 0 Å². The van der Waals surface area contributed by atoms with Crippen LogP contribution in [0.2, 0.25) is 5.02 Å². The van der Waals surface area contributed by atoms with Crippen molar-refractivity contribution in [3.05, 3.63) is 29.3 Å². The van der Waals surface area contributed by atoms with Crippen LogP contribution in [0.4, 0.5) is 5.69 Å². The van der Waals surface area contributed by atoms with Gasteiger partial charge in [-0.2, -0.15) is 0 Å². The SMILES string of the molecule is CC(C)CC1CN=C(N)N1c1ccccc1Cl. The molecule has 1 aromatic carbocycles. The number of aliphatic imine (C=N–C) groups is 1. The average molecular weight is 252 g/mol. The highest BCUT2D eigenvalue weighted by atomic mass is 35.5. The maximum atomic E-state index is 6.22. The highest BCUT2D eigenvalue weighted by molar-refractivity contribution is 6.33. The lowest BCUT2D eigenvalue weighted by atomic mass is 10.0. The van der Waals surface area contributed by atoms with E-state index in [0.717, 1.165) is 23.7 Å². The maximum absolute atomic E-state index is 6.22. The fourth-order valence-corrected chi connectivity index (χ4v) is 2.46. The summed E-state index contributed by atoms with van der Waals surface area (Å²) in [6, 6.07) is 8.10. The smallest absolute Gasteiger partial charge is 0.196 e. The zero-order chi connectivity index (χ0) is 12.4. The first-order valence-corrected chi connectivity index (χ1v) is 6.31. The molecule has 0 bridgehead atoms. The number of benzene rings is 1. The van der Waals surface area contributed by atoms with Crippen LogP contribution in [0.15, 0.2) is 29.3 Å². The molecular weight excluding hydrogens is 234 g/mol. The monoisotopic (exact) mass is 251 g/mol. The molecule has 0 aliphatic carbocycles. The van der Waals surface area contributed by atoms with Crippen molar-refractivity contribution < 1.29 is 0 Å². The minimum Gasteiger partial charge on any atom is -0.370 e. The third kappa shape index (κ3) is 2.55. The van der Waals surface area contributed by atoms with E-state index in [1.165, 1.54) is 0 Å². The van der Waals surface area contributed by atoms with E-state index < -0.39 is 0 Å². The topological polar surface area (TPSA) is 41.6 Å². The summed E-state index contributed by atoms with van der Waals surface area (Å²) in [7, 11) is 0. The molecule has 2 rings (SSSR count). The van der Waals surface area contributed by atoms with Crippen LogP contribution in [0.5, 0.6) is 0 Å². The third-order valence-electron chi connectivity index (χ3n) is 2.93. The van der Waals surface area contributed by atoms with Gasteiger partial charge in [-0.1, -0.05) is 37.6 Å². The Kier molecular flexibility index (Phi) is 3.57. The van der Waals surface area contributed by atoms with E-state index in [1.54, 1.807) is 0 Å². The van der Waals surface area contributed by atoms with Crippen molar-refractivity contribution >= 4 is 23.2 Å². The lowest BCUT2D eigenvalue weighted by Gasteiger charge is -2.28. The summed E-state index contributed by atoms with van der Waals surface area (Å²) in [5.74, 6) is 1.19. The maximum Gasteiger partial charge on any atom is 0.196 e. The van der Waals surface area contributed by atoms with E-state index in [2.05, 4.69) is 23.7 Å². The number of para-hydroxylation sites is 1. The predicted molar refractivity (Wildman–Crippen MR) is 73.7 cm³/mol. The minimum atomic E-state index is 0.329. The number of anilines is 1. The standard InChI is InChI=1S/C13H18ClN3/c1-9(2)7-10-8-16-13(15)17(10)12-6-4-3-5-11(12)14/h3-6,9-10H,7-8H2,1-2H3,(H2,15,16). The Morgan fingerprint density at radius 1 is 1.47 bits per heavy atom. The van der Waals surface area contributed by atoms with Crippen molar-refractivity contribution in [2.24, 2.45) is 16.6 Å². The highest BCUT2D eigenvalue weighted by Crippen LogP contribution is 2.30. The quantitative estimate of drug-likeness (QED) is 0.898. The molecule has 1 aliphatic rings. The van der Waals surface area contributed by atoms with Gasteiger partial charge in [-0.05, 0) is 24.5 Å². The molecule has 0 fully saturated rings. The van der Waals surface area contributed by atoms with E-state index in [0.29, 0.717) is 17.9 Å². The van der Waals surface area contributed by atoms with Crippen molar-refractivity contribution in [3.8, 4) is 0 Å².